The molecular weight excluding hydrogens is 304 g/mol. The van der Waals surface area contributed by atoms with E-state index in [1.54, 1.807) is 10.4 Å². The van der Waals surface area contributed by atoms with E-state index in [1.807, 2.05) is 6.07 Å². The van der Waals surface area contributed by atoms with Crippen molar-refractivity contribution in [3.8, 4) is 0 Å². The Morgan fingerprint density at radius 2 is 1.95 bits per heavy atom. The maximum atomic E-state index is 12.8. The first-order valence-corrected chi connectivity index (χ1v) is 9.90. The Morgan fingerprint density at radius 1 is 1.29 bits per heavy atom. The zero-order chi connectivity index (χ0) is 15.6. The molecule has 21 heavy (non-hydrogen) atoms. The lowest BCUT2D eigenvalue weighted by Gasteiger charge is -2.22. The van der Waals surface area contributed by atoms with E-state index >= 15 is 0 Å². The second kappa shape index (κ2) is 6.77. The van der Waals surface area contributed by atoms with Gasteiger partial charge in [0.1, 0.15) is 4.21 Å². The van der Waals surface area contributed by atoms with Crippen LogP contribution in [-0.4, -0.2) is 31.4 Å². The summed E-state index contributed by atoms with van der Waals surface area (Å²) in [5.41, 5.74) is 0. The normalized spacial score (nSPS) is 16.3. The molecule has 6 heteroatoms. The molecule has 1 saturated carbocycles. The average Bonchev–Trinajstić information content (AvgIpc) is 3.10. The standard InChI is InChI=1S/C15H26N2O2S2/c1-11(2)10-17(13-5-6-13)21(18,19)15-8-7-14(20-15)9-16-12(3)4/h7-8,11-13,16H,5-6,9-10H2,1-4H3. The Hall–Kier alpha value is -0.430. The van der Waals surface area contributed by atoms with Gasteiger partial charge < -0.3 is 5.32 Å². The lowest BCUT2D eigenvalue weighted by molar-refractivity contribution is 0.361. The summed E-state index contributed by atoms with van der Waals surface area (Å²) in [6, 6.07) is 4.30. The van der Waals surface area contributed by atoms with Crippen LogP contribution in [0, 0.1) is 5.92 Å². The molecule has 0 saturated heterocycles. The smallest absolute Gasteiger partial charge is 0.252 e. The Bertz CT molecular complexity index is 560. The van der Waals surface area contributed by atoms with Crippen molar-refractivity contribution >= 4 is 21.4 Å². The number of hydrogen-bond acceptors (Lipinski definition) is 4. The summed E-state index contributed by atoms with van der Waals surface area (Å²) in [5.74, 6) is 0.349. The van der Waals surface area contributed by atoms with Gasteiger partial charge in [-0.1, -0.05) is 27.7 Å². The van der Waals surface area contributed by atoms with Gasteiger partial charge in [-0.25, -0.2) is 8.42 Å². The molecule has 1 aromatic heterocycles. The predicted molar refractivity (Wildman–Crippen MR) is 88.0 cm³/mol. The molecule has 120 valence electrons. The molecule has 0 spiro atoms. The van der Waals surface area contributed by atoms with Crippen molar-refractivity contribution in [1.29, 1.82) is 0 Å². The number of nitrogens with zero attached hydrogens (tertiary/aromatic N) is 1. The zero-order valence-electron chi connectivity index (χ0n) is 13.3. The monoisotopic (exact) mass is 330 g/mol. The molecule has 0 amide bonds. The van der Waals surface area contributed by atoms with E-state index in [0.717, 1.165) is 24.3 Å². The fourth-order valence-electron chi connectivity index (χ4n) is 2.18. The summed E-state index contributed by atoms with van der Waals surface area (Å²) in [7, 11) is -3.33. The fraction of sp³-hybridized carbons (Fsp3) is 0.733. The molecule has 0 aliphatic heterocycles. The van der Waals surface area contributed by atoms with E-state index in [9.17, 15) is 8.42 Å². The summed E-state index contributed by atoms with van der Waals surface area (Å²) in [6.07, 6.45) is 2.00. The number of thiophene rings is 1. The summed E-state index contributed by atoms with van der Waals surface area (Å²) in [5, 5.41) is 3.33. The van der Waals surface area contributed by atoms with E-state index < -0.39 is 10.0 Å². The van der Waals surface area contributed by atoms with Crippen molar-refractivity contribution in [1.82, 2.24) is 9.62 Å². The summed E-state index contributed by atoms with van der Waals surface area (Å²) < 4.78 is 27.8. The highest BCUT2D eigenvalue weighted by Gasteiger charge is 2.38. The number of hydrogen-bond donors (Lipinski definition) is 1. The zero-order valence-corrected chi connectivity index (χ0v) is 14.9. The van der Waals surface area contributed by atoms with Gasteiger partial charge in [-0.3, -0.25) is 0 Å². The van der Waals surface area contributed by atoms with E-state index in [2.05, 4.69) is 33.0 Å². The number of nitrogens with one attached hydrogen (secondary N) is 1. The molecule has 1 fully saturated rings. The molecule has 2 rings (SSSR count). The Labute approximate surface area is 132 Å². The lowest BCUT2D eigenvalue weighted by Crippen LogP contribution is -2.35. The minimum Gasteiger partial charge on any atom is -0.310 e. The SMILES string of the molecule is CC(C)CN(C1CC1)S(=O)(=O)c1ccc(CNC(C)C)s1. The molecule has 1 aliphatic rings. The molecule has 4 nitrogen and oxygen atoms in total. The summed E-state index contributed by atoms with van der Waals surface area (Å²) >= 11 is 1.39. The topological polar surface area (TPSA) is 49.4 Å². The van der Waals surface area contributed by atoms with E-state index in [-0.39, 0.29) is 6.04 Å². The van der Waals surface area contributed by atoms with Crippen LogP contribution >= 0.6 is 11.3 Å². The average molecular weight is 331 g/mol. The van der Waals surface area contributed by atoms with Gasteiger partial charge in [0.05, 0.1) is 0 Å². The first-order valence-electron chi connectivity index (χ1n) is 7.64. The van der Waals surface area contributed by atoms with Gasteiger partial charge in [0.15, 0.2) is 0 Å². The Morgan fingerprint density at radius 3 is 2.48 bits per heavy atom. The van der Waals surface area contributed by atoms with Crippen LogP contribution in [0.1, 0.15) is 45.4 Å². The van der Waals surface area contributed by atoms with E-state index in [1.165, 1.54) is 11.3 Å². The van der Waals surface area contributed by atoms with Gasteiger partial charge in [0.2, 0.25) is 0 Å². The molecule has 1 N–H and O–H groups in total. The third-order valence-corrected chi connectivity index (χ3v) is 6.85. The van der Waals surface area contributed by atoms with Gasteiger partial charge in [-0.15, -0.1) is 11.3 Å². The van der Waals surface area contributed by atoms with Crippen molar-refractivity contribution in [3.63, 3.8) is 0 Å². The molecule has 0 unspecified atom stereocenters. The molecule has 1 aromatic rings. The van der Waals surface area contributed by atoms with Crippen LogP contribution in [-0.2, 0) is 16.6 Å². The minimum atomic E-state index is -3.33. The highest BCUT2D eigenvalue weighted by atomic mass is 32.2. The van der Waals surface area contributed by atoms with Crippen molar-refractivity contribution in [2.45, 2.75) is 63.4 Å². The predicted octanol–water partition coefficient (Wildman–Crippen LogP) is 3.06. The van der Waals surface area contributed by atoms with E-state index in [4.69, 9.17) is 0 Å². The van der Waals surface area contributed by atoms with Crippen LogP contribution in [0.4, 0.5) is 0 Å². The largest absolute Gasteiger partial charge is 0.310 e. The van der Waals surface area contributed by atoms with Gasteiger partial charge >= 0.3 is 0 Å². The molecule has 0 aromatic carbocycles. The van der Waals surface area contributed by atoms with Crippen LogP contribution in [0.15, 0.2) is 16.3 Å². The number of sulfonamides is 1. The van der Waals surface area contributed by atoms with Gasteiger partial charge in [-0.2, -0.15) is 4.31 Å². The van der Waals surface area contributed by atoms with Gasteiger partial charge in [0, 0.05) is 30.1 Å². The third-order valence-electron chi connectivity index (χ3n) is 3.38. The molecule has 1 aliphatic carbocycles. The first-order chi connectivity index (χ1) is 9.80. The van der Waals surface area contributed by atoms with Crippen molar-refractivity contribution in [2.24, 2.45) is 5.92 Å². The highest BCUT2D eigenvalue weighted by molar-refractivity contribution is 7.91. The molecule has 0 radical (unpaired) electrons. The van der Waals surface area contributed by atoms with Crippen LogP contribution in [0.25, 0.3) is 0 Å². The van der Waals surface area contributed by atoms with Gasteiger partial charge in [-0.05, 0) is 30.9 Å². The van der Waals surface area contributed by atoms with Crippen LogP contribution < -0.4 is 5.32 Å². The van der Waals surface area contributed by atoms with Crippen LogP contribution in [0.3, 0.4) is 0 Å². The van der Waals surface area contributed by atoms with Crippen LogP contribution in [0.5, 0.6) is 0 Å². The lowest BCUT2D eigenvalue weighted by atomic mass is 10.2. The molecular formula is C15H26N2O2S2. The fourth-order valence-corrected chi connectivity index (χ4v) is 5.46. The maximum Gasteiger partial charge on any atom is 0.252 e. The quantitative estimate of drug-likeness (QED) is 0.797. The molecule has 0 atom stereocenters. The van der Waals surface area contributed by atoms with Crippen LogP contribution in [0.2, 0.25) is 0 Å². The first kappa shape index (κ1) is 16.9. The summed E-state index contributed by atoms with van der Waals surface area (Å²) in [4.78, 5) is 1.07. The second-order valence-electron chi connectivity index (χ2n) is 6.46. The highest BCUT2D eigenvalue weighted by Crippen LogP contribution is 2.34. The van der Waals surface area contributed by atoms with Crippen molar-refractivity contribution < 1.29 is 8.42 Å². The van der Waals surface area contributed by atoms with Gasteiger partial charge in [0.25, 0.3) is 10.0 Å². The van der Waals surface area contributed by atoms with Crippen molar-refractivity contribution in [3.05, 3.63) is 17.0 Å². The number of rotatable bonds is 8. The minimum absolute atomic E-state index is 0.219. The van der Waals surface area contributed by atoms with Crippen molar-refractivity contribution in [2.75, 3.05) is 6.54 Å². The Balaban J connectivity index is 2.14. The summed E-state index contributed by atoms with van der Waals surface area (Å²) in [6.45, 7) is 9.65. The van der Waals surface area contributed by atoms with E-state index in [0.29, 0.717) is 22.7 Å². The maximum absolute atomic E-state index is 12.8. The molecule has 1 heterocycles. The Kier molecular flexibility index (Phi) is 5.46. The third kappa shape index (κ3) is 4.52. The second-order valence-corrected chi connectivity index (χ2v) is 9.74. The molecule has 0 bridgehead atoms.